The summed E-state index contributed by atoms with van der Waals surface area (Å²) in [6.07, 6.45) is 0.704. The summed E-state index contributed by atoms with van der Waals surface area (Å²) in [6, 6.07) is 13.5. The summed E-state index contributed by atoms with van der Waals surface area (Å²) in [7, 11) is 0. The molecule has 4 rings (SSSR count). The Hall–Kier alpha value is -2.96. The largest absolute Gasteiger partial charge is 0.481 e. The lowest BCUT2D eigenvalue weighted by molar-refractivity contribution is -0.142. The zero-order chi connectivity index (χ0) is 17.4. The second-order valence-electron chi connectivity index (χ2n) is 6.63. The van der Waals surface area contributed by atoms with Gasteiger partial charge in [0.1, 0.15) is 5.82 Å². The van der Waals surface area contributed by atoms with Crippen molar-refractivity contribution in [1.82, 2.24) is 19.8 Å². The van der Waals surface area contributed by atoms with Crippen molar-refractivity contribution >= 4 is 17.4 Å². The molecule has 0 aliphatic carbocycles. The molecule has 0 saturated carbocycles. The highest BCUT2D eigenvalue weighted by atomic mass is 16.4. The Kier molecular flexibility index (Phi) is 3.83. The minimum atomic E-state index is -0.744. The summed E-state index contributed by atoms with van der Waals surface area (Å²) in [5.74, 6) is 0.629. The van der Waals surface area contributed by atoms with E-state index in [9.17, 15) is 9.90 Å². The van der Waals surface area contributed by atoms with Crippen LogP contribution in [-0.2, 0) is 4.79 Å². The van der Waals surface area contributed by atoms with E-state index in [1.807, 2.05) is 47.4 Å². The molecule has 2 unspecified atom stereocenters. The van der Waals surface area contributed by atoms with Crippen LogP contribution < -0.4 is 4.90 Å². The predicted octanol–water partition coefficient (Wildman–Crippen LogP) is 2.34. The average molecular weight is 337 g/mol. The highest BCUT2D eigenvalue weighted by Crippen LogP contribution is 2.26. The number of hydrogen-bond acceptors (Lipinski definition) is 5. The van der Waals surface area contributed by atoms with Crippen LogP contribution in [0.15, 0.2) is 42.5 Å². The van der Waals surface area contributed by atoms with Gasteiger partial charge in [0.2, 0.25) is 0 Å². The van der Waals surface area contributed by atoms with Crippen LogP contribution in [0.3, 0.4) is 0 Å². The van der Waals surface area contributed by atoms with Gasteiger partial charge in [0.15, 0.2) is 11.5 Å². The quantitative estimate of drug-likeness (QED) is 0.790. The first-order chi connectivity index (χ1) is 12.1. The van der Waals surface area contributed by atoms with Crippen LogP contribution in [0.4, 0.5) is 5.82 Å². The molecule has 1 aliphatic rings. The van der Waals surface area contributed by atoms with E-state index >= 15 is 0 Å². The number of piperidine rings is 1. The summed E-state index contributed by atoms with van der Waals surface area (Å²) in [5.41, 5.74) is 1.61. The number of aromatic nitrogens is 4. The van der Waals surface area contributed by atoms with E-state index in [4.69, 9.17) is 0 Å². The minimum absolute atomic E-state index is 0.307. The van der Waals surface area contributed by atoms with Crippen molar-refractivity contribution in [1.29, 1.82) is 0 Å². The number of anilines is 1. The van der Waals surface area contributed by atoms with E-state index in [0.717, 1.165) is 17.9 Å². The lowest BCUT2D eigenvalue weighted by Crippen LogP contribution is -2.43. The molecule has 3 aromatic rings. The number of carboxylic acid groups (broad SMARTS) is 1. The van der Waals surface area contributed by atoms with E-state index in [1.54, 1.807) is 4.52 Å². The molecule has 1 aromatic carbocycles. The van der Waals surface area contributed by atoms with Crippen LogP contribution in [0.2, 0.25) is 0 Å². The van der Waals surface area contributed by atoms with Gasteiger partial charge in [-0.2, -0.15) is 4.52 Å². The van der Waals surface area contributed by atoms with Gasteiger partial charge in [0, 0.05) is 18.7 Å². The summed E-state index contributed by atoms with van der Waals surface area (Å²) in [5, 5.41) is 22.5. The van der Waals surface area contributed by atoms with Gasteiger partial charge in [0.25, 0.3) is 0 Å². The molecule has 7 heteroatoms. The van der Waals surface area contributed by atoms with Crippen LogP contribution in [0.5, 0.6) is 0 Å². The van der Waals surface area contributed by atoms with Gasteiger partial charge >= 0.3 is 5.97 Å². The maximum Gasteiger partial charge on any atom is 0.308 e. The maximum absolute atomic E-state index is 11.4. The molecule has 0 radical (unpaired) electrons. The van der Waals surface area contributed by atoms with Crippen molar-refractivity contribution < 1.29 is 9.90 Å². The fourth-order valence-corrected chi connectivity index (χ4v) is 3.43. The molecule has 0 bridgehead atoms. The van der Waals surface area contributed by atoms with E-state index in [-0.39, 0.29) is 5.92 Å². The van der Waals surface area contributed by atoms with Crippen LogP contribution >= 0.6 is 0 Å². The SMILES string of the molecule is CC1CC(C(=O)O)CN(c2ccc3nnc(-c4ccccc4)n3n2)C1. The topological polar surface area (TPSA) is 83.6 Å². The zero-order valence-corrected chi connectivity index (χ0v) is 13.9. The van der Waals surface area contributed by atoms with Gasteiger partial charge < -0.3 is 10.0 Å². The van der Waals surface area contributed by atoms with E-state index < -0.39 is 5.97 Å². The Morgan fingerprint density at radius 1 is 1.12 bits per heavy atom. The van der Waals surface area contributed by atoms with Crippen molar-refractivity contribution in [3.05, 3.63) is 42.5 Å². The monoisotopic (exact) mass is 337 g/mol. The van der Waals surface area contributed by atoms with Crippen LogP contribution in [0, 0.1) is 11.8 Å². The van der Waals surface area contributed by atoms with E-state index in [2.05, 4.69) is 22.2 Å². The molecule has 2 atom stereocenters. The summed E-state index contributed by atoms with van der Waals surface area (Å²) in [6.45, 7) is 3.35. The van der Waals surface area contributed by atoms with Gasteiger partial charge in [-0.3, -0.25) is 4.79 Å². The fourth-order valence-electron chi connectivity index (χ4n) is 3.43. The summed E-state index contributed by atoms with van der Waals surface area (Å²) in [4.78, 5) is 13.5. The molecule has 1 aliphatic heterocycles. The van der Waals surface area contributed by atoms with Crippen LogP contribution in [-0.4, -0.2) is 44.0 Å². The molecule has 1 fully saturated rings. The molecule has 0 spiro atoms. The zero-order valence-electron chi connectivity index (χ0n) is 13.9. The van der Waals surface area contributed by atoms with Crippen molar-refractivity contribution in [3.63, 3.8) is 0 Å². The number of hydrogen-bond donors (Lipinski definition) is 1. The Labute approximate surface area is 144 Å². The Balaban J connectivity index is 1.72. The van der Waals surface area contributed by atoms with Gasteiger partial charge in [-0.15, -0.1) is 15.3 Å². The number of carbonyl (C=O) groups is 1. The Bertz CT molecular complexity index is 908. The smallest absolute Gasteiger partial charge is 0.308 e. The highest BCUT2D eigenvalue weighted by Gasteiger charge is 2.30. The highest BCUT2D eigenvalue weighted by molar-refractivity contribution is 5.71. The summed E-state index contributed by atoms with van der Waals surface area (Å²) >= 11 is 0. The number of aliphatic carboxylic acids is 1. The Morgan fingerprint density at radius 2 is 1.92 bits per heavy atom. The lowest BCUT2D eigenvalue weighted by atomic mass is 9.90. The van der Waals surface area contributed by atoms with Crippen molar-refractivity contribution in [2.24, 2.45) is 11.8 Å². The number of fused-ring (bicyclic) bond motifs is 1. The Morgan fingerprint density at radius 3 is 2.68 bits per heavy atom. The second kappa shape index (κ2) is 6.16. The number of benzene rings is 1. The first-order valence-electron chi connectivity index (χ1n) is 8.37. The number of rotatable bonds is 3. The van der Waals surface area contributed by atoms with Gasteiger partial charge in [-0.1, -0.05) is 37.3 Å². The van der Waals surface area contributed by atoms with Crippen molar-refractivity contribution in [2.45, 2.75) is 13.3 Å². The molecule has 0 amide bonds. The molecule has 128 valence electrons. The van der Waals surface area contributed by atoms with Gasteiger partial charge in [0.05, 0.1) is 5.92 Å². The normalized spacial score (nSPS) is 20.8. The third kappa shape index (κ3) is 2.93. The minimum Gasteiger partial charge on any atom is -0.481 e. The number of carboxylic acids is 1. The van der Waals surface area contributed by atoms with Crippen molar-refractivity contribution in [3.8, 4) is 11.4 Å². The average Bonchev–Trinajstić information content (AvgIpc) is 3.05. The first-order valence-corrected chi connectivity index (χ1v) is 8.37. The molecule has 2 aromatic heterocycles. The van der Waals surface area contributed by atoms with Crippen molar-refractivity contribution in [2.75, 3.05) is 18.0 Å². The molecule has 1 N–H and O–H groups in total. The molecule has 25 heavy (non-hydrogen) atoms. The first kappa shape index (κ1) is 15.6. The van der Waals surface area contributed by atoms with Crippen LogP contribution in [0.1, 0.15) is 13.3 Å². The van der Waals surface area contributed by atoms with E-state index in [1.165, 1.54) is 0 Å². The van der Waals surface area contributed by atoms with Crippen LogP contribution in [0.25, 0.3) is 17.0 Å². The molecule has 7 nitrogen and oxygen atoms in total. The maximum atomic E-state index is 11.4. The third-order valence-corrected chi connectivity index (χ3v) is 4.61. The fraction of sp³-hybridized carbons (Fsp3) is 0.333. The molecular formula is C18H19N5O2. The van der Waals surface area contributed by atoms with Gasteiger partial charge in [-0.25, -0.2) is 0 Å². The van der Waals surface area contributed by atoms with E-state index in [0.29, 0.717) is 30.4 Å². The second-order valence-corrected chi connectivity index (χ2v) is 6.63. The number of nitrogens with zero attached hydrogens (tertiary/aromatic N) is 5. The molecule has 1 saturated heterocycles. The van der Waals surface area contributed by atoms with Gasteiger partial charge in [-0.05, 0) is 24.5 Å². The summed E-state index contributed by atoms with van der Waals surface area (Å²) < 4.78 is 1.72. The molecular weight excluding hydrogens is 318 g/mol. The predicted molar refractivity (Wildman–Crippen MR) is 93.3 cm³/mol. The standard InChI is InChI=1S/C18H19N5O2/c1-12-9-14(18(24)25)11-22(10-12)16-8-7-15-19-20-17(23(15)21-16)13-5-3-2-4-6-13/h2-8,12,14H,9-11H2,1H3,(H,24,25). The molecule has 3 heterocycles. The lowest BCUT2D eigenvalue weighted by Gasteiger charge is -2.35. The third-order valence-electron chi connectivity index (χ3n) is 4.61.